The van der Waals surface area contributed by atoms with Crippen molar-refractivity contribution in [3.8, 4) is 0 Å². The molecule has 1 N–H and O–H groups in total. The number of hydrogen-bond donors (Lipinski definition) is 1. The smallest absolute Gasteiger partial charge is 0.0615 e. The first-order valence-corrected chi connectivity index (χ1v) is 5.96. The maximum absolute atomic E-state index is 5.25. The number of rotatable bonds is 3. The SMILES string of the molecule is COCC(C)N1CC(C)(C)NCCC1C. The lowest BCUT2D eigenvalue weighted by Crippen LogP contribution is -2.51. The van der Waals surface area contributed by atoms with Gasteiger partial charge in [-0.2, -0.15) is 0 Å². The van der Waals surface area contributed by atoms with Crippen LogP contribution in [0, 0.1) is 0 Å². The predicted octanol–water partition coefficient (Wildman–Crippen LogP) is 1.48. The molecule has 1 saturated heterocycles. The van der Waals surface area contributed by atoms with Gasteiger partial charge in [-0.3, -0.25) is 4.90 Å². The molecule has 0 aromatic heterocycles. The molecular weight excluding hydrogens is 188 g/mol. The summed E-state index contributed by atoms with van der Waals surface area (Å²) in [5.41, 5.74) is 0.215. The Labute approximate surface area is 94.2 Å². The summed E-state index contributed by atoms with van der Waals surface area (Å²) in [6.07, 6.45) is 1.22. The molecule has 0 spiro atoms. The van der Waals surface area contributed by atoms with Gasteiger partial charge in [0.05, 0.1) is 6.61 Å². The van der Waals surface area contributed by atoms with Crippen LogP contribution in [0.15, 0.2) is 0 Å². The number of ether oxygens (including phenoxy) is 1. The Morgan fingerprint density at radius 3 is 2.80 bits per heavy atom. The van der Waals surface area contributed by atoms with E-state index < -0.39 is 0 Å². The van der Waals surface area contributed by atoms with Gasteiger partial charge in [-0.05, 0) is 40.7 Å². The summed E-state index contributed by atoms with van der Waals surface area (Å²) >= 11 is 0. The first-order chi connectivity index (χ1) is 6.96. The molecule has 1 aliphatic heterocycles. The lowest BCUT2D eigenvalue weighted by Gasteiger charge is -2.37. The predicted molar refractivity (Wildman–Crippen MR) is 64.2 cm³/mol. The average molecular weight is 214 g/mol. The van der Waals surface area contributed by atoms with Crippen molar-refractivity contribution in [2.24, 2.45) is 0 Å². The Kier molecular flexibility index (Phi) is 4.56. The second kappa shape index (κ2) is 5.28. The zero-order chi connectivity index (χ0) is 11.5. The highest BCUT2D eigenvalue weighted by molar-refractivity contribution is 4.89. The molecule has 3 nitrogen and oxygen atoms in total. The van der Waals surface area contributed by atoms with Crippen molar-refractivity contribution in [1.82, 2.24) is 10.2 Å². The minimum atomic E-state index is 0.215. The number of methoxy groups -OCH3 is 1. The third-order valence-corrected chi connectivity index (χ3v) is 3.28. The van der Waals surface area contributed by atoms with Crippen molar-refractivity contribution < 1.29 is 4.74 Å². The Morgan fingerprint density at radius 1 is 1.53 bits per heavy atom. The van der Waals surface area contributed by atoms with Crippen molar-refractivity contribution in [3.63, 3.8) is 0 Å². The highest BCUT2D eigenvalue weighted by atomic mass is 16.5. The summed E-state index contributed by atoms with van der Waals surface area (Å²) in [5.74, 6) is 0. The van der Waals surface area contributed by atoms with Gasteiger partial charge in [0.15, 0.2) is 0 Å². The molecule has 0 aliphatic carbocycles. The zero-order valence-electron chi connectivity index (χ0n) is 10.8. The van der Waals surface area contributed by atoms with E-state index in [1.165, 1.54) is 6.42 Å². The van der Waals surface area contributed by atoms with Crippen LogP contribution in [0.25, 0.3) is 0 Å². The molecule has 2 unspecified atom stereocenters. The van der Waals surface area contributed by atoms with Crippen molar-refractivity contribution in [2.45, 2.75) is 51.7 Å². The van der Waals surface area contributed by atoms with Crippen molar-refractivity contribution in [2.75, 3.05) is 26.8 Å². The van der Waals surface area contributed by atoms with E-state index >= 15 is 0 Å². The minimum absolute atomic E-state index is 0.215. The third-order valence-electron chi connectivity index (χ3n) is 3.28. The maximum atomic E-state index is 5.25. The van der Waals surface area contributed by atoms with Crippen molar-refractivity contribution in [1.29, 1.82) is 0 Å². The van der Waals surface area contributed by atoms with Crippen LogP contribution >= 0.6 is 0 Å². The second-order valence-corrected chi connectivity index (χ2v) is 5.43. The van der Waals surface area contributed by atoms with Gasteiger partial charge in [-0.25, -0.2) is 0 Å². The molecule has 1 aliphatic rings. The summed E-state index contributed by atoms with van der Waals surface area (Å²) in [5, 5.41) is 3.60. The normalized spacial score (nSPS) is 29.8. The monoisotopic (exact) mass is 214 g/mol. The summed E-state index contributed by atoms with van der Waals surface area (Å²) in [4.78, 5) is 2.56. The van der Waals surface area contributed by atoms with Crippen molar-refractivity contribution >= 4 is 0 Å². The first-order valence-electron chi connectivity index (χ1n) is 5.96. The van der Waals surface area contributed by atoms with Crippen LogP contribution in [0.3, 0.4) is 0 Å². The average Bonchev–Trinajstić information content (AvgIpc) is 2.26. The van der Waals surface area contributed by atoms with Crippen LogP contribution in [-0.2, 0) is 4.74 Å². The molecule has 0 radical (unpaired) electrons. The molecule has 0 amide bonds. The lowest BCUT2D eigenvalue weighted by molar-refractivity contribution is 0.0652. The number of nitrogens with zero attached hydrogens (tertiary/aromatic N) is 1. The van der Waals surface area contributed by atoms with Crippen LogP contribution < -0.4 is 5.32 Å². The molecule has 2 atom stereocenters. The molecule has 0 bridgehead atoms. The fourth-order valence-corrected chi connectivity index (χ4v) is 2.38. The van der Waals surface area contributed by atoms with Gasteiger partial charge >= 0.3 is 0 Å². The van der Waals surface area contributed by atoms with Gasteiger partial charge in [0.25, 0.3) is 0 Å². The molecule has 3 heteroatoms. The molecular formula is C12H26N2O. The summed E-state index contributed by atoms with van der Waals surface area (Å²) in [7, 11) is 1.78. The van der Waals surface area contributed by atoms with E-state index in [9.17, 15) is 0 Å². The van der Waals surface area contributed by atoms with Crippen LogP contribution in [0.1, 0.15) is 34.1 Å². The molecule has 1 heterocycles. The largest absolute Gasteiger partial charge is 0.383 e. The van der Waals surface area contributed by atoms with Gasteiger partial charge in [-0.1, -0.05) is 0 Å². The molecule has 0 aromatic carbocycles. The van der Waals surface area contributed by atoms with E-state index in [1.807, 2.05) is 0 Å². The van der Waals surface area contributed by atoms with E-state index in [0.29, 0.717) is 12.1 Å². The molecule has 15 heavy (non-hydrogen) atoms. The maximum Gasteiger partial charge on any atom is 0.0615 e. The van der Waals surface area contributed by atoms with Gasteiger partial charge in [0, 0.05) is 31.3 Å². The Morgan fingerprint density at radius 2 is 2.20 bits per heavy atom. The summed E-state index contributed by atoms with van der Waals surface area (Å²) in [6, 6.07) is 1.15. The fraction of sp³-hybridized carbons (Fsp3) is 1.00. The van der Waals surface area contributed by atoms with Crippen LogP contribution in [-0.4, -0.2) is 49.3 Å². The quantitative estimate of drug-likeness (QED) is 0.770. The van der Waals surface area contributed by atoms with Crippen LogP contribution in [0.2, 0.25) is 0 Å². The first kappa shape index (κ1) is 12.9. The van der Waals surface area contributed by atoms with Gasteiger partial charge < -0.3 is 10.1 Å². The Hall–Kier alpha value is -0.120. The molecule has 1 rings (SSSR count). The highest BCUT2D eigenvalue weighted by Gasteiger charge is 2.30. The number of hydrogen-bond acceptors (Lipinski definition) is 3. The van der Waals surface area contributed by atoms with Gasteiger partial charge in [0.1, 0.15) is 0 Å². The van der Waals surface area contributed by atoms with Gasteiger partial charge in [0.2, 0.25) is 0 Å². The van der Waals surface area contributed by atoms with E-state index in [-0.39, 0.29) is 5.54 Å². The fourth-order valence-electron chi connectivity index (χ4n) is 2.38. The van der Waals surface area contributed by atoms with Crippen LogP contribution in [0.4, 0.5) is 0 Å². The highest BCUT2D eigenvalue weighted by Crippen LogP contribution is 2.18. The Balaban J connectivity index is 2.65. The summed E-state index contributed by atoms with van der Waals surface area (Å²) in [6.45, 7) is 12.1. The van der Waals surface area contributed by atoms with E-state index in [0.717, 1.165) is 19.7 Å². The van der Waals surface area contributed by atoms with Crippen LogP contribution in [0.5, 0.6) is 0 Å². The van der Waals surface area contributed by atoms with E-state index in [1.54, 1.807) is 7.11 Å². The second-order valence-electron chi connectivity index (χ2n) is 5.43. The molecule has 1 fully saturated rings. The van der Waals surface area contributed by atoms with E-state index in [2.05, 4.69) is 37.9 Å². The lowest BCUT2D eigenvalue weighted by atomic mass is 10.0. The molecule has 0 saturated carbocycles. The van der Waals surface area contributed by atoms with E-state index in [4.69, 9.17) is 4.74 Å². The molecule has 90 valence electrons. The van der Waals surface area contributed by atoms with Crippen molar-refractivity contribution in [3.05, 3.63) is 0 Å². The third kappa shape index (κ3) is 3.74. The Bertz CT molecular complexity index is 194. The molecule has 0 aromatic rings. The minimum Gasteiger partial charge on any atom is -0.383 e. The number of nitrogens with one attached hydrogen (secondary N) is 1. The standard InChI is InChI=1S/C12H26N2O/c1-10-6-7-13-12(3,4)9-14(10)11(2)8-15-5/h10-11,13H,6-9H2,1-5H3. The topological polar surface area (TPSA) is 24.5 Å². The zero-order valence-corrected chi connectivity index (χ0v) is 10.8. The van der Waals surface area contributed by atoms with Gasteiger partial charge in [-0.15, -0.1) is 0 Å². The summed E-state index contributed by atoms with van der Waals surface area (Å²) < 4.78 is 5.25.